The predicted octanol–water partition coefficient (Wildman–Crippen LogP) is 5.04. The normalized spacial score (nSPS) is 10.7. The van der Waals surface area contributed by atoms with Crippen molar-refractivity contribution in [2.24, 2.45) is 0 Å². The van der Waals surface area contributed by atoms with Crippen molar-refractivity contribution >= 4 is 28.5 Å². The van der Waals surface area contributed by atoms with Crippen LogP contribution in [0.1, 0.15) is 5.56 Å². The number of benzene rings is 2. The molecule has 25 heavy (non-hydrogen) atoms. The van der Waals surface area contributed by atoms with Gasteiger partial charge in [0, 0.05) is 23.6 Å². The maximum Gasteiger partial charge on any atom is 0.253 e. The third kappa shape index (κ3) is 4.31. The zero-order valence-corrected chi connectivity index (χ0v) is 14.5. The Morgan fingerprint density at radius 2 is 1.76 bits per heavy atom. The smallest absolute Gasteiger partial charge is 0.253 e. The average molecular weight is 346 g/mol. The van der Waals surface area contributed by atoms with Gasteiger partial charge in [-0.1, -0.05) is 66.7 Å². The molecule has 0 aliphatic rings. The summed E-state index contributed by atoms with van der Waals surface area (Å²) in [5.41, 5.74) is 2.89. The van der Waals surface area contributed by atoms with Gasteiger partial charge in [0.15, 0.2) is 5.13 Å². The molecule has 1 heterocycles. The summed E-state index contributed by atoms with van der Waals surface area (Å²) in [6.07, 6.45) is 5.09. The monoisotopic (exact) mass is 346 g/mol. The molecule has 0 bridgehead atoms. The summed E-state index contributed by atoms with van der Waals surface area (Å²) >= 11 is 1.45. The van der Waals surface area contributed by atoms with Crippen LogP contribution < -0.4 is 4.90 Å². The fourth-order valence-electron chi connectivity index (χ4n) is 2.34. The molecule has 3 nitrogen and oxygen atoms in total. The Hall–Kier alpha value is -2.98. The Balaban J connectivity index is 1.81. The van der Waals surface area contributed by atoms with Gasteiger partial charge in [0.2, 0.25) is 0 Å². The summed E-state index contributed by atoms with van der Waals surface area (Å²) in [5, 5.41) is 2.64. The SMILES string of the molecule is C=CCN(C(=O)C=Cc1ccccc1)c1nc(-c2ccccc2)cs1. The second-order valence-electron chi connectivity index (χ2n) is 5.36. The molecule has 1 amide bonds. The van der Waals surface area contributed by atoms with Crippen molar-refractivity contribution in [3.05, 3.63) is 90.3 Å². The van der Waals surface area contributed by atoms with Crippen LogP contribution >= 0.6 is 11.3 Å². The van der Waals surface area contributed by atoms with E-state index < -0.39 is 0 Å². The minimum absolute atomic E-state index is 0.113. The summed E-state index contributed by atoms with van der Waals surface area (Å²) in [4.78, 5) is 18.9. The highest BCUT2D eigenvalue weighted by atomic mass is 32.1. The predicted molar refractivity (Wildman–Crippen MR) is 106 cm³/mol. The fraction of sp³-hybridized carbons (Fsp3) is 0.0476. The lowest BCUT2D eigenvalue weighted by molar-refractivity contribution is -0.114. The zero-order chi connectivity index (χ0) is 17.5. The molecule has 0 saturated heterocycles. The molecule has 0 aliphatic heterocycles. The Morgan fingerprint density at radius 1 is 1.08 bits per heavy atom. The van der Waals surface area contributed by atoms with Gasteiger partial charge in [0.25, 0.3) is 5.91 Å². The number of aromatic nitrogens is 1. The van der Waals surface area contributed by atoms with E-state index in [2.05, 4.69) is 11.6 Å². The maximum atomic E-state index is 12.6. The largest absolute Gasteiger partial charge is 0.281 e. The van der Waals surface area contributed by atoms with Crippen molar-refractivity contribution in [3.8, 4) is 11.3 Å². The Morgan fingerprint density at radius 3 is 2.44 bits per heavy atom. The third-order valence-corrected chi connectivity index (χ3v) is 4.45. The van der Waals surface area contributed by atoms with Crippen LogP contribution in [0.15, 0.2) is 84.8 Å². The van der Waals surface area contributed by atoms with E-state index in [4.69, 9.17) is 0 Å². The molecule has 0 unspecified atom stereocenters. The molecule has 0 atom stereocenters. The topological polar surface area (TPSA) is 33.2 Å². The molecular weight excluding hydrogens is 328 g/mol. The Kier molecular flexibility index (Phi) is 5.54. The first-order valence-corrected chi connectivity index (χ1v) is 8.82. The van der Waals surface area contributed by atoms with E-state index in [1.165, 1.54) is 11.3 Å². The van der Waals surface area contributed by atoms with Gasteiger partial charge in [-0.25, -0.2) is 4.98 Å². The van der Waals surface area contributed by atoms with E-state index in [0.717, 1.165) is 16.8 Å². The lowest BCUT2D eigenvalue weighted by Crippen LogP contribution is -2.29. The summed E-state index contributed by atoms with van der Waals surface area (Å²) in [5.74, 6) is -0.113. The number of hydrogen-bond acceptors (Lipinski definition) is 3. The molecule has 124 valence electrons. The highest BCUT2D eigenvalue weighted by Gasteiger charge is 2.16. The van der Waals surface area contributed by atoms with Crippen LogP contribution in [0.4, 0.5) is 5.13 Å². The van der Waals surface area contributed by atoms with Crippen molar-refractivity contribution in [2.45, 2.75) is 0 Å². The van der Waals surface area contributed by atoms with Gasteiger partial charge in [-0.05, 0) is 11.6 Å². The molecule has 1 aromatic heterocycles. The summed E-state index contributed by atoms with van der Waals surface area (Å²) in [7, 11) is 0. The van der Waals surface area contributed by atoms with Crippen molar-refractivity contribution in [3.63, 3.8) is 0 Å². The summed E-state index contributed by atoms with van der Waals surface area (Å²) in [6, 6.07) is 19.7. The van der Waals surface area contributed by atoms with Crippen LogP contribution in [0.25, 0.3) is 17.3 Å². The number of amides is 1. The van der Waals surface area contributed by atoms with E-state index in [1.54, 1.807) is 17.1 Å². The summed E-state index contributed by atoms with van der Waals surface area (Å²) < 4.78 is 0. The van der Waals surface area contributed by atoms with E-state index in [-0.39, 0.29) is 5.91 Å². The Labute approximate surface area is 151 Å². The lowest BCUT2D eigenvalue weighted by Gasteiger charge is -2.15. The van der Waals surface area contributed by atoms with Gasteiger partial charge in [-0.2, -0.15) is 0 Å². The molecule has 3 rings (SSSR count). The molecule has 3 aromatic rings. The van der Waals surface area contributed by atoms with Gasteiger partial charge in [-0.3, -0.25) is 9.69 Å². The minimum atomic E-state index is -0.113. The molecule has 0 aliphatic carbocycles. The fourth-order valence-corrected chi connectivity index (χ4v) is 3.19. The van der Waals surface area contributed by atoms with Gasteiger partial charge in [-0.15, -0.1) is 17.9 Å². The van der Waals surface area contributed by atoms with Gasteiger partial charge >= 0.3 is 0 Å². The average Bonchev–Trinajstić information content (AvgIpc) is 3.15. The number of rotatable bonds is 6. The molecule has 2 aromatic carbocycles. The number of nitrogens with zero attached hydrogens (tertiary/aromatic N) is 2. The first-order valence-electron chi connectivity index (χ1n) is 7.94. The van der Waals surface area contributed by atoms with E-state index in [9.17, 15) is 4.79 Å². The van der Waals surface area contributed by atoms with Crippen molar-refractivity contribution in [1.29, 1.82) is 0 Å². The lowest BCUT2D eigenvalue weighted by atomic mass is 10.2. The van der Waals surface area contributed by atoms with Crippen molar-refractivity contribution in [1.82, 2.24) is 4.98 Å². The summed E-state index contributed by atoms with van der Waals surface area (Å²) in [6.45, 7) is 4.17. The number of thiazole rings is 1. The van der Waals surface area contributed by atoms with Gasteiger partial charge < -0.3 is 0 Å². The van der Waals surface area contributed by atoms with E-state index >= 15 is 0 Å². The standard InChI is InChI=1S/C21H18N2OS/c1-2-15-23(20(24)14-13-17-9-5-3-6-10-17)21-22-19(16-25-21)18-11-7-4-8-12-18/h2-14,16H,1,15H2. The third-order valence-electron chi connectivity index (χ3n) is 3.59. The van der Waals surface area contributed by atoms with Crippen LogP contribution in [0.5, 0.6) is 0 Å². The number of carbonyl (C=O) groups excluding carboxylic acids is 1. The van der Waals surface area contributed by atoms with Gasteiger partial charge in [0.1, 0.15) is 0 Å². The van der Waals surface area contributed by atoms with Crippen LogP contribution in [-0.4, -0.2) is 17.4 Å². The maximum absolute atomic E-state index is 12.6. The Bertz CT molecular complexity index is 869. The van der Waals surface area contributed by atoms with Crippen molar-refractivity contribution < 1.29 is 4.79 Å². The molecule has 0 N–H and O–H groups in total. The number of hydrogen-bond donors (Lipinski definition) is 0. The highest BCUT2D eigenvalue weighted by Crippen LogP contribution is 2.27. The molecule has 0 saturated carbocycles. The quantitative estimate of drug-likeness (QED) is 0.463. The number of carbonyl (C=O) groups is 1. The number of anilines is 1. The van der Waals surface area contributed by atoms with E-state index in [0.29, 0.717) is 11.7 Å². The van der Waals surface area contributed by atoms with Gasteiger partial charge in [0.05, 0.1) is 5.69 Å². The van der Waals surface area contributed by atoms with Crippen LogP contribution in [0.2, 0.25) is 0 Å². The molecule has 0 spiro atoms. The molecule has 4 heteroatoms. The second kappa shape index (κ2) is 8.22. The molecule has 0 fully saturated rings. The minimum Gasteiger partial charge on any atom is -0.281 e. The molecular formula is C21H18N2OS. The van der Waals surface area contributed by atoms with Crippen LogP contribution in [0, 0.1) is 0 Å². The van der Waals surface area contributed by atoms with Crippen molar-refractivity contribution in [2.75, 3.05) is 11.4 Å². The first kappa shape index (κ1) is 16.9. The molecule has 0 radical (unpaired) electrons. The highest BCUT2D eigenvalue weighted by molar-refractivity contribution is 7.14. The second-order valence-corrected chi connectivity index (χ2v) is 6.20. The van der Waals surface area contributed by atoms with Crippen LogP contribution in [0.3, 0.4) is 0 Å². The zero-order valence-electron chi connectivity index (χ0n) is 13.7. The van der Waals surface area contributed by atoms with E-state index in [1.807, 2.05) is 72.1 Å². The van der Waals surface area contributed by atoms with Crippen LogP contribution in [-0.2, 0) is 4.79 Å². The first-order chi connectivity index (χ1) is 12.3.